The Bertz CT molecular complexity index is 1150. The number of unbranched alkanes of at least 4 members (excludes halogenated alkanes) is 1. The molecular weight excluding hydrogens is 522 g/mol. The first-order chi connectivity index (χ1) is 19.7. The summed E-state index contributed by atoms with van der Waals surface area (Å²) in [5, 5.41) is 14.4. The summed E-state index contributed by atoms with van der Waals surface area (Å²) in [4.78, 5) is 50.7. The van der Waals surface area contributed by atoms with E-state index >= 15 is 0 Å². The second-order valence-electron chi connectivity index (χ2n) is 11.0. The highest BCUT2D eigenvalue weighted by Crippen LogP contribution is 2.33. The molecular formula is C32H43N3O6. The molecule has 9 heteroatoms. The highest BCUT2D eigenvalue weighted by atomic mass is 16.5. The molecule has 2 aromatic rings. The van der Waals surface area contributed by atoms with Crippen LogP contribution in [0.3, 0.4) is 0 Å². The Labute approximate surface area is 242 Å². The smallest absolute Gasteiger partial charge is 0.338 e. The summed E-state index contributed by atoms with van der Waals surface area (Å²) in [5.41, 5.74) is 2.35. The molecule has 0 aliphatic heterocycles. The fourth-order valence-corrected chi connectivity index (χ4v) is 5.07. The van der Waals surface area contributed by atoms with Crippen LogP contribution in [-0.4, -0.2) is 53.1 Å². The summed E-state index contributed by atoms with van der Waals surface area (Å²) >= 11 is 0. The average molecular weight is 566 g/mol. The Balaban J connectivity index is 1.68. The number of anilines is 1. The van der Waals surface area contributed by atoms with Gasteiger partial charge in [-0.1, -0.05) is 39.3 Å². The molecule has 3 amide bonds. The number of esters is 1. The van der Waals surface area contributed by atoms with Gasteiger partial charge in [0.2, 0.25) is 0 Å². The zero-order valence-corrected chi connectivity index (χ0v) is 24.4. The summed E-state index contributed by atoms with van der Waals surface area (Å²) in [5.74, 6) is -0.419. The van der Waals surface area contributed by atoms with E-state index in [0.29, 0.717) is 41.8 Å². The first-order valence-corrected chi connectivity index (χ1v) is 14.6. The van der Waals surface area contributed by atoms with Crippen molar-refractivity contribution in [1.29, 1.82) is 0 Å². The fourth-order valence-electron chi connectivity index (χ4n) is 5.07. The monoisotopic (exact) mass is 565 g/mol. The standard InChI is InChI=1S/C32H43N3O6/c1-4-5-20-41-31(39)26-10-14-27(15-11-26)34-32(40)35(28-16-12-24(13-17-28)22(2)3)21-23-6-8-25(9-7-23)30(38)33-19-18-29(36)37/h6-11,14-15,22,24,28H,4-5,12-13,16-21H2,1-3H3,(H,33,38)(H,34,40)(H,36,37). The molecule has 1 saturated carbocycles. The lowest BCUT2D eigenvalue weighted by Crippen LogP contribution is -2.44. The van der Waals surface area contributed by atoms with Gasteiger partial charge in [0.25, 0.3) is 5.91 Å². The van der Waals surface area contributed by atoms with Crippen molar-refractivity contribution >= 4 is 29.6 Å². The van der Waals surface area contributed by atoms with Gasteiger partial charge < -0.3 is 25.4 Å². The van der Waals surface area contributed by atoms with E-state index in [-0.39, 0.29) is 36.9 Å². The number of urea groups is 1. The Morgan fingerprint density at radius 3 is 2.17 bits per heavy atom. The molecule has 0 heterocycles. The van der Waals surface area contributed by atoms with Gasteiger partial charge in [-0.05, 0) is 85.9 Å². The number of carbonyl (C=O) groups is 4. The van der Waals surface area contributed by atoms with E-state index < -0.39 is 5.97 Å². The lowest BCUT2D eigenvalue weighted by molar-refractivity contribution is -0.136. The van der Waals surface area contributed by atoms with Crippen LogP contribution in [-0.2, 0) is 16.1 Å². The third kappa shape index (κ3) is 9.92. The molecule has 0 aromatic heterocycles. The first-order valence-electron chi connectivity index (χ1n) is 14.6. The fraction of sp³-hybridized carbons (Fsp3) is 0.500. The average Bonchev–Trinajstić information content (AvgIpc) is 2.96. The van der Waals surface area contributed by atoms with Crippen LogP contribution in [0.15, 0.2) is 48.5 Å². The Kier molecular flexibility index (Phi) is 12.2. The zero-order chi connectivity index (χ0) is 29.8. The van der Waals surface area contributed by atoms with Crippen LogP contribution < -0.4 is 10.6 Å². The molecule has 3 rings (SSSR count). The number of hydrogen-bond acceptors (Lipinski definition) is 5. The van der Waals surface area contributed by atoms with E-state index in [9.17, 15) is 19.2 Å². The van der Waals surface area contributed by atoms with Crippen LogP contribution in [0.25, 0.3) is 0 Å². The number of carboxylic acid groups (broad SMARTS) is 1. The van der Waals surface area contributed by atoms with Gasteiger partial charge in [-0.25, -0.2) is 9.59 Å². The van der Waals surface area contributed by atoms with Gasteiger partial charge in [-0.15, -0.1) is 0 Å². The molecule has 0 atom stereocenters. The Hall–Kier alpha value is -3.88. The molecule has 1 fully saturated rings. The van der Waals surface area contributed by atoms with Crippen LogP contribution in [0.5, 0.6) is 0 Å². The highest BCUT2D eigenvalue weighted by Gasteiger charge is 2.30. The predicted molar refractivity (Wildman–Crippen MR) is 158 cm³/mol. The highest BCUT2D eigenvalue weighted by molar-refractivity contribution is 5.94. The normalized spacial score (nSPS) is 16.6. The van der Waals surface area contributed by atoms with Gasteiger partial charge >= 0.3 is 18.0 Å². The van der Waals surface area contributed by atoms with Crippen molar-refractivity contribution in [3.8, 4) is 0 Å². The summed E-state index contributed by atoms with van der Waals surface area (Å²) in [6.07, 6.45) is 5.59. The van der Waals surface area contributed by atoms with Gasteiger partial charge in [0.05, 0.1) is 18.6 Å². The van der Waals surface area contributed by atoms with Crippen molar-refractivity contribution in [1.82, 2.24) is 10.2 Å². The number of carboxylic acids is 1. The molecule has 3 N–H and O–H groups in total. The number of nitrogens with zero attached hydrogens (tertiary/aromatic N) is 1. The van der Waals surface area contributed by atoms with Crippen molar-refractivity contribution in [2.75, 3.05) is 18.5 Å². The minimum Gasteiger partial charge on any atom is -0.481 e. The van der Waals surface area contributed by atoms with E-state index in [1.54, 1.807) is 36.4 Å². The van der Waals surface area contributed by atoms with Gasteiger partial charge in [0.15, 0.2) is 0 Å². The lowest BCUT2D eigenvalue weighted by atomic mass is 9.79. The molecule has 0 radical (unpaired) electrons. The molecule has 0 bridgehead atoms. The van der Waals surface area contributed by atoms with E-state index in [4.69, 9.17) is 9.84 Å². The number of benzene rings is 2. The summed E-state index contributed by atoms with van der Waals surface area (Å²) in [6.45, 7) is 7.36. The van der Waals surface area contributed by atoms with Crippen molar-refractivity contribution in [3.05, 3.63) is 65.2 Å². The minimum absolute atomic E-state index is 0.0595. The molecule has 41 heavy (non-hydrogen) atoms. The maximum Gasteiger partial charge on any atom is 0.338 e. The van der Waals surface area contributed by atoms with E-state index in [1.807, 2.05) is 24.0 Å². The van der Waals surface area contributed by atoms with Crippen molar-refractivity contribution in [2.24, 2.45) is 11.8 Å². The second kappa shape index (κ2) is 15.8. The van der Waals surface area contributed by atoms with E-state index in [0.717, 1.165) is 44.1 Å². The van der Waals surface area contributed by atoms with Gasteiger partial charge in [0, 0.05) is 30.4 Å². The predicted octanol–water partition coefficient (Wildman–Crippen LogP) is 6.10. The third-order valence-electron chi connectivity index (χ3n) is 7.68. The minimum atomic E-state index is -0.970. The quantitative estimate of drug-likeness (QED) is 0.199. The Morgan fingerprint density at radius 1 is 0.951 bits per heavy atom. The molecule has 2 aromatic carbocycles. The third-order valence-corrected chi connectivity index (χ3v) is 7.68. The van der Waals surface area contributed by atoms with Crippen molar-refractivity contribution in [3.63, 3.8) is 0 Å². The maximum absolute atomic E-state index is 13.6. The van der Waals surface area contributed by atoms with Crippen molar-refractivity contribution in [2.45, 2.75) is 78.3 Å². The number of rotatable bonds is 13. The number of aliphatic carboxylic acids is 1. The number of carbonyl (C=O) groups excluding carboxylic acids is 3. The largest absolute Gasteiger partial charge is 0.481 e. The van der Waals surface area contributed by atoms with Crippen molar-refractivity contribution < 1.29 is 29.0 Å². The van der Waals surface area contributed by atoms with Crippen LogP contribution >= 0.6 is 0 Å². The second-order valence-corrected chi connectivity index (χ2v) is 11.0. The van der Waals surface area contributed by atoms with Crippen LogP contribution in [0.4, 0.5) is 10.5 Å². The molecule has 0 spiro atoms. The maximum atomic E-state index is 13.6. The summed E-state index contributed by atoms with van der Waals surface area (Å²) < 4.78 is 5.27. The molecule has 9 nitrogen and oxygen atoms in total. The molecule has 1 aliphatic carbocycles. The van der Waals surface area contributed by atoms with Crippen LogP contribution in [0.2, 0.25) is 0 Å². The number of nitrogens with one attached hydrogen (secondary N) is 2. The van der Waals surface area contributed by atoms with E-state index in [2.05, 4.69) is 24.5 Å². The van der Waals surface area contributed by atoms with Gasteiger partial charge in [-0.3, -0.25) is 9.59 Å². The lowest BCUT2D eigenvalue weighted by Gasteiger charge is -2.38. The number of ether oxygens (including phenoxy) is 1. The Morgan fingerprint density at radius 2 is 1.59 bits per heavy atom. The van der Waals surface area contributed by atoms with Crippen LogP contribution in [0.1, 0.15) is 92.0 Å². The molecule has 0 unspecified atom stereocenters. The number of hydrogen-bond donors (Lipinski definition) is 3. The van der Waals surface area contributed by atoms with E-state index in [1.165, 1.54) is 0 Å². The molecule has 1 aliphatic rings. The zero-order valence-electron chi connectivity index (χ0n) is 24.4. The number of amides is 3. The van der Waals surface area contributed by atoms with Gasteiger partial charge in [-0.2, -0.15) is 0 Å². The SMILES string of the molecule is CCCCOC(=O)c1ccc(NC(=O)N(Cc2ccc(C(=O)NCCC(=O)O)cc2)C2CCC(C(C)C)CC2)cc1. The summed E-state index contributed by atoms with van der Waals surface area (Å²) in [6, 6.07) is 13.6. The topological polar surface area (TPSA) is 125 Å². The van der Waals surface area contributed by atoms with Crippen LogP contribution in [0, 0.1) is 11.8 Å². The summed E-state index contributed by atoms with van der Waals surface area (Å²) in [7, 11) is 0. The first kappa shape index (κ1) is 31.6. The molecule has 222 valence electrons. The van der Waals surface area contributed by atoms with Gasteiger partial charge in [0.1, 0.15) is 0 Å². The molecule has 0 saturated heterocycles.